The number of benzene rings is 1. The van der Waals surface area contributed by atoms with E-state index in [1.54, 1.807) is 25.1 Å². The third kappa shape index (κ3) is 17.6. The minimum atomic E-state index is -3.68. The molecule has 6 N–H and O–H groups in total. The van der Waals surface area contributed by atoms with E-state index in [9.17, 15) is 50.0 Å². The van der Waals surface area contributed by atoms with E-state index in [1.807, 2.05) is 32.4 Å². The molecule has 6 rings (SSSR count). The zero-order valence-corrected chi connectivity index (χ0v) is 40.6. The first-order valence-corrected chi connectivity index (χ1v) is 23.1. The number of nitrogens with two attached hydrogens (primary N) is 1. The van der Waals surface area contributed by atoms with E-state index >= 15 is 0 Å². The molecule has 15 nitrogen and oxygen atoms in total. The van der Waals surface area contributed by atoms with Crippen LogP contribution in [-0.4, -0.2) is 96.5 Å². The van der Waals surface area contributed by atoms with Crippen LogP contribution in [0.5, 0.6) is 5.75 Å². The minimum Gasteiger partial charge on any atom is -0.497 e. The minimum absolute atomic E-state index is 0.0540. The Morgan fingerprint density at radius 3 is 2.09 bits per heavy atom. The number of aromatic amines is 1. The van der Waals surface area contributed by atoms with Gasteiger partial charge in [0.15, 0.2) is 5.69 Å². The van der Waals surface area contributed by atoms with Gasteiger partial charge in [0.25, 0.3) is 11.5 Å². The number of halogens is 4. The van der Waals surface area contributed by atoms with Gasteiger partial charge in [-0.05, 0) is 80.8 Å². The van der Waals surface area contributed by atoms with Crippen molar-refractivity contribution in [3.05, 3.63) is 47.4 Å². The molecule has 1 saturated heterocycles. The Labute approximate surface area is 392 Å². The summed E-state index contributed by atoms with van der Waals surface area (Å²) in [6.45, 7) is 17.7. The van der Waals surface area contributed by atoms with Gasteiger partial charge in [-0.15, -0.1) is 38.9 Å². The van der Waals surface area contributed by atoms with Crippen molar-refractivity contribution in [1.29, 1.82) is 0 Å². The summed E-state index contributed by atoms with van der Waals surface area (Å²) in [4.78, 5) is 66.0. The second kappa shape index (κ2) is 27.4. The van der Waals surface area contributed by atoms with Crippen molar-refractivity contribution in [2.45, 2.75) is 129 Å². The molecule has 0 radical (unpaired) electrons. The molecule has 4 amide bonds. The molecule has 2 heterocycles. The van der Waals surface area contributed by atoms with Crippen molar-refractivity contribution in [1.82, 2.24) is 24.9 Å². The zero-order chi connectivity index (χ0) is 52.2. The van der Waals surface area contributed by atoms with Crippen LogP contribution in [0.4, 0.5) is 17.6 Å². The van der Waals surface area contributed by atoms with Gasteiger partial charge in [-0.1, -0.05) is 47.5 Å². The van der Waals surface area contributed by atoms with E-state index in [-0.39, 0.29) is 24.7 Å². The quantitative estimate of drug-likeness (QED) is 0.0466. The maximum absolute atomic E-state index is 14.4. The second-order valence-corrected chi connectivity index (χ2v) is 19.9. The Bertz CT molecular complexity index is 2130. The Hall–Kier alpha value is -5.47. The molecule has 3 aliphatic carbocycles. The van der Waals surface area contributed by atoms with Crippen LogP contribution in [0.2, 0.25) is 0 Å². The molecule has 1 aromatic heterocycles. The Kier molecular flexibility index (Phi) is 25.1. The lowest BCUT2D eigenvalue weighted by Crippen LogP contribution is -2.56. The number of unbranched alkanes of at least 4 members (excludes halogenated alkanes) is 1. The van der Waals surface area contributed by atoms with E-state index < -0.39 is 79.5 Å². The SMILES string of the molecule is C#C.C#C.C=C.CC1(S(=O)(=O)NC(=O)[C@H]2CC2C(F)F)CC1.CO.COc1ccc2nc(C(F)(F)CCCC[C@@H]3C[C@@H]3C)c(=O)[nH]c2c1.C[C@@H]1CCN(C(=O)[C@@H](NC=O)C(C)(C)C)[C@@H]1C(N)=O. The van der Waals surface area contributed by atoms with E-state index in [0.717, 1.165) is 32.3 Å². The number of hydrogen-bond acceptors (Lipinski definition) is 10. The maximum atomic E-state index is 14.4. The smallest absolute Gasteiger partial charge is 0.295 e. The van der Waals surface area contributed by atoms with E-state index in [0.29, 0.717) is 54.9 Å². The second-order valence-electron chi connectivity index (χ2n) is 17.7. The highest BCUT2D eigenvalue weighted by Gasteiger charge is 2.54. The Morgan fingerprint density at radius 1 is 1.07 bits per heavy atom. The molecule has 0 bridgehead atoms. The normalized spacial score (nSPS) is 22.0. The van der Waals surface area contributed by atoms with Gasteiger partial charge < -0.3 is 30.8 Å². The molecule has 1 aromatic carbocycles. The molecule has 0 spiro atoms. The van der Waals surface area contributed by atoms with Gasteiger partial charge in [0.1, 0.15) is 17.8 Å². The number of ether oxygens (including phenoxy) is 1. The number of aromatic nitrogens is 2. The van der Waals surface area contributed by atoms with Gasteiger partial charge in [-0.2, -0.15) is 8.78 Å². The molecule has 7 atom stereocenters. The summed E-state index contributed by atoms with van der Waals surface area (Å²) in [5.41, 5.74) is 4.14. The standard InChI is InChI=1S/C18H22F2N2O2.C13H23N3O3.C9H13F2NO3S.C2H4.2C2H2.CH4O/c1-11-9-12(11)5-3-4-8-18(19,20)16-17(23)22-15-10-13(24-2)6-7-14(15)21-16;1-8-5-6-16(9(8)11(14)18)12(19)10(15-7-17)13(2,3)4;1-9(2-3-9)16(14,15)12-8(13)6-4-5(6)7(10)11;4*1-2/h6-7,10-12H,3-5,8-9H2,1-2H3,(H,22,23);7-10H,5-6H2,1-4H3,(H2,14,18)(H,15,17);5-7H,2-4H2,1H3,(H,12,13);1-2H2;2*1-2H;2H,1H3/t11-,12+;8-,9+,10-;5?,6-;;;;/m010..../s1. The van der Waals surface area contributed by atoms with Crippen molar-refractivity contribution in [3.8, 4) is 31.4 Å². The summed E-state index contributed by atoms with van der Waals surface area (Å²) in [7, 11) is -1.19. The average molecular weight is 971 g/mol. The van der Waals surface area contributed by atoms with Crippen LogP contribution < -0.4 is 26.1 Å². The van der Waals surface area contributed by atoms with Gasteiger partial charge in [-0.3, -0.25) is 28.7 Å². The van der Waals surface area contributed by atoms with Crippen LogP contribution in [0.25, 0.3) is 11.0 Å². The number of likely N-dealkylation sites (tertiary alicyclic amines) is 1. The van der Waals surface area contributed by atoms with Crippen LogP contribution in [0.3, 0.4) is 0 Å². The predicted octanol–water partition coefficient (Wildman–Crippen LogP) is 5.90. The molecule has 4 aliphatic rings. The number of alkyl halides is 4. The predicted molar refractivity (Wildman–Crippen MR) is 251 cm³/mol. The number of nitrogens with one attached hydrogen (secondary N) is 3. The van der Waals surface area contributed by atoms with Crippen LogP contribution in [0, 0.1) is 60.7 Å². The highest BCUT2D eigenvalue weighted by Crippen LogP contribution is 2.46. The van der Waals surface area contributed by atoms with Gasteiger partial charge in [0, 0.05) is 38.0 Å². The molecule has 20 heteroatoms. The number of carbonyl (C=O) groups excluding carboxylic acids is 4. The monoisotopic (exact) mass is 970 g/mol. The fourth-order valence-corrected chi connectivity index (χ4v) is 8.54. The first-order chi connectivity index (χ1) is 31.4. The van der Waals surface area contributed by atoms with Gasteiger partial charge in [0.2, 0.25) is 40.6 Å². The van der Waals surface area contributed by atoms with E-state index in [1.165, 1.54) is 18.4 Å². The largest absolute Gasteiger partial charge is 0.497 e. The van der Waals surface area contributed by atoms with Gasteiger partial charge in [-0.25, -0.2) is 22.2 Å². The molecule has 67 heavy (non-hydrogen) atoms. The number of rotatable bonds is 15. The van der Waals surface area contributed by atoms with Crippen molar-refractivity contribution >= 4 is 45.2 Å². The summed E-state index contributed by atoms with van der Waals surface area (Å²) < 4.78 is 82.5. The number of methoxy groups -OCH3 is 1. The number of amides is 4. The number of aliphatic hydroxyl groups excluding tert-OH is 1. The van der Waals surface area contributed by atoms with Crippen molar-refractivity contribution < 1.29 is 55.0 Å². The number of primary amides is 1. The highest BCUT2D eigenvalue weighted by atomic mass is 32.2. The summed E-state index contributed by atoms with van der Waals surface area (Å²) in [6.07, 6.45) is 18.9. The number of carbonyl (C=O) groups is 4. The van der Waals surface area contributed by atoms with Crippen molar-refractivity contribution in [3.63, 3.8) is 0 Å². The number of fused-ring (bicyclic) bond motifs is 1. The maximum Gasteiger partial charge on any atom is 0.295 e. The zero-order valence-electron chi connectivity index (χ0n) is 39.8. The molecule has 2 aromatic rings. The summed E-state index contributed by atoms with van der Waals surface area (Å²) >= 11 is 0. The molecular weight excluding hydrogens is 901 g/mol. The lowest BCUT2D eigenvalue weighted by molar-refractivity contribution is -0.142. The summed E-state index contributed by atoms with van der Waals surface area (Å²) in [5.74, 6) is -4.49. The number of H-pyrrole nitrogens is 1. The number of nitrogens with zero attached hydrogens (tertiary/aromatic N) is 2. The summed E-state index contributed by atoms with van der Waals surface area (Å²) in [6, 6.07) is 3.54. The highest BCUT2D eigenvalue weighted by molar-refractivity contribution is 7.91. The molecule has 4 fully saturated rings. The Morgan fingerprint density at radius 2 is 1.64 bits per heavy atom. The number of hydrogen-bond donors (Lipinski definition) is 5. The van der Waals surface area contributed by atoms with E-state index in [2.05, 4.69) is 61.1 Å². The first kappa shape index (κ1) is 61.5. The van der Waals surface area contributed by atoms with Crippen molar-refractivity contribution in [2.75, 3.05) is 20.8 Å². The van der Waals surface area contributed by atoms with Crippen LogP contribution in [0.1, 0.15) is 105 Å². The van der Waals surface area contributed by atoms with Crippen LogP contribution >= 0.6 is 0 Å². The number of terminal acetylenes is 2. The molecule has 3 saturated carbocycles. The lowest BCUT2D eigenvalue weighted by atomic mass is 9.85. The third-order valence-corrected chi connectivity index (χ3v) is 14.0. The molecule has 376 valence electrons. The number of aliphatic hydroxyl groups is 1. The number of sulfonamides is 1. The fraction of sp³-hybridized carbons (Fsp3) is 0.617. The molecule has 1 aliphatic heterocycles. The van der Waals surface area contributed by atoms with Crippen LogP contribution in [0.15, 0.2) is 36.2 Å². The molecular formula is C47H70F4N6O9S. The first-order valence-electron chi connectivity index (χ1n) is 21.6. The third-order valence-electron chi connectivity index (χ3n) is 11.8. The molecule has 1 unspecified atom stereocenters. The average Bonchev–Trinajstić information content (AvgIpc) is 4.24. The Balaban J connectivity index is 0.000000921. The van der Waals surface area contributed by atoms with E-state index in [4.69, 9.17) is 15.6 Å². The topological polar surface area (TPSA) is 231 Å². The fourth-order valence-electron chi connectivity index (χ4n) is 7.24. The van der Waals surface area contributed by atoms with Crippen molar-refractivity contribution in [2.24, 2.45) is 40.7 Å². The van der Waals surface area contributed by atoms with Gasteiger partial charge >= 0.3 is 0 Å². The van der Waals surface area contributed by atoms with Gasteiger partial charge in [0.05, 0.1) is 22.9 Å². The lowest BCUT2D eigenvalue weighted by Gasteiger charge is -2.34. The van der Waals surface area contributed by atoms with Crippen LogP contribution in [-0.2, 0) is 35.1 Å². The summed E-state index contributed by atoms with van der Waals surface area (Å²) in [5, 5.41) is 9.55.